The summed E-state index contributed by atoms with van der Waals surface area (Å²) >= 11 is 0. The second-order valence-electron chi connectivity index (χ2n) is 8.11. The van der Waals surface area contributed by atoms with Gasteiger partial charge in [-0.25, -0.2) is 0 Å². The van der Waals surface area contributed by atoms with E-state index in [4.69, 9.17) is 0 Å². The quantitative estimate of drug-likeness (QED) is 0.786. The SMILES string of the molecule is O=C(/C=C(\c1ccccc1)C(F)(F)F)NC12CC3CC(CC(C3)C1)C2. The van der Waals surface area contributed by atoms with Crippen molar-refractivity contribution >= 4 is 11.5 Å². The van der Waals surface area contributed by atoms with Gasteiger partial charge in [-0.3, -0.25) is 4.79 Å². The molecule has 0 unspecified atom stereocenters. The largest absolute Gasteiger partial charge is 0.417 e. The highest BCUT2D eigenvalue weighted by molar-refractivity contribution is 5.96. The summed E-state index contributed by atoms with van der Waals surface area (Å²) in [5, 5.41) is 2.98. The fourth-order valence-electron chi connectivity index (χ4n) is 5.64. The molecule has 2 nitrogen and oxygen atoms in total. The van der Waals surface area contributed by atoms with Crippen LogP contribution in [0, 0.1) is 17.8 Å². The van der Waals surface area contributed by atoms with Crippen molar-refractivity contribution in [1.29, 1.82) is 0 Å². The van der Waals surface area contributed by atoms with Crippen LogP contribution in [-0.2, 0) is 4.79 Å². The zero-order chi connectivity index (χ0) is 17.7. The van der Waals surface area contributed by atoms with Gasteiger partial charge in [-0.05, 0) is 61.8 Å². The Hall–Kier alpha value is -1.78. The zero-order valence-corrected chi connectivity index (χ0v) is 14.0. The van der Waals surface area contributed by atoms with Gasteiger partial charge < -0.3 is 5.32 Å². The Labute approximate surface area is 145 Å². The van der Waals surface area contributed by atoms with Gasteiger partial charge in [0, 0.05) is 11.6 Å². The molecule has 5 rings (SSSR count). The van der Waals surface area contributed by atoms with E-state index in [1.807, 2.05) is 0 Å². The Morgan fingerprint density at radius 1 is 1.00 bits per heavy atom. The minimum atomic E-state index is -4.56. The van der Waals surface area contributed by atoms with E-state index in [0.29, 0.717) is 17.8 Å². The van der Waals surface area contributed by atoms with Crippen LogP contribution in [0.3, 0.4) is 0 Å². The number of benzene rings is 1. The lowest BCUT2D eigenvalue weighted by Gasteiger charge is -2.56. The number of nitrogens with one attached hydrogen (secondary N) is 1. The van der Waals surface area contributed by atoms with Crippen molar-refractivity contribution in [2.75, 3.05) is 0 Å². The van der Waals surface area contributed by atoms with Crippen LogP contribution >= 0.6 is 0 Å². The van der Waals surface area contributed by atoms with Gasteiger partial charge in [-0.1, -0.05) is 30.3 Å². The first-order valence-electron chi connectivity index (χ1n) is 8.99. The summed E-state index contributed by atoms with van der Waals surface area (Å²) in [4.78, 5) is 12.5. The van der Waals surface area contributed by atoms with Gasteiger partial charge in [0.15, 0.2) is 0 Å². The highest BCUT2D eigenvalue weighted by Gasteiger charge is 2.51. The van der Waals surface area contributed by atoms with Crippen molar-refractivity contribution in [3.8, 4) is 0 Å². The highest BCUT2D eigenvalue weighted by Crippen LogP contribution is 2.55. The van der Waals surface area contributed by atoms with Crippen molar-refractivity contribution < 1.29 is 18.0 Å². The van der Waals surface area contributed by atoms with Crippen LogP contribution in [0.2, 0.25) is 0 Å². The number of rotatable bonds is 3. The number of alkyl halides is 3. The van der Waals surface area contributed by atoms with E-state index in [1.54, 1.807) is 18.2 Å². The van der Waals surface area contributed by atoms with Crippen molar-refractivity contribution in [2.45, 2.75) is 50.2 Å². The van der Waals surface area contributed by atoms with Crippen LogP contribution in [-0.4, -0.2) is 17.6 Å². The van der Waals surface area contributed by atoms with E-state index in [-0.39, 0.29) is 11.1 Å². The number of carbonyl (C=O) groups excluding carboxylic acids is 1. The van der Waals surface area contributed by atoms with Crippen molar-refractivity contribution in [2.24, 2.45) is 17.8 Å². The lowest BCUT2D eigenvalue weighted by Crippen LogP contribution is -2.59. The number of allylic oxidation sites excluding steroid dienone is 1. The second-order valence-corrected chi connectivity index (χ2v) is 8.11. The van der Waals surface area contributed by atoms with Gasteiger partial charge in [-0.15, -0.1) is 0 Å². The van der Waals surface area contributed by atoms with E-state index >= 15 is 0 Å². The Kier molecular flexibility index (Phi) is 3.93. The average molecular weight is 349 g/mol. The maximum Gasteiger partial charge on any atom is 0.417 e. The van der Waals surface area contributed by atoms with Crippen LogP contribution in [0.25, 0.3) is 5.57 Å². The smallest absolute Gasteiger partial charge is 0.347 e. The van der Waals surface area contributed by atoms with Crippen molar-refractivity contribution in [1.82, 2.24) is 5.32 Å². The molecule has 4 bridgehead atoms. The predicted molar refractivity (Wildman–Crippen MR) is 89.5 cm³/mol. The fourth-order valence-corrected chi connectivity index (χ4v) is 5.64. The Balaban J connectivity index is 1.56. The highest BCUT2D eigenvalue weighted by atomic mass is 19.4. The zero-order valence-electron chi connectivity index (χ0n) is 14.0. The summed E-state index contributed by atoms with van der Waals surface area (Å²) in [5.74, 6) is 1.28. The molecule has 25 heavy (non-hydrogen) atoms. The molecule has 1 aromatic rings. The molecule has 0 saturated heterocycles. The molecule has 1 N–H and O–H groups in total. The number of halogens is 3. The molecule has 0 radical (unpaired) electrons. The lowest BCUT2D eigenvalue weighted by molar-refractivity contribution is -0.122. The summed E-state index contributed by atoms with van der Waals surface area (Å²) in [5.41, 5.74) is -1.14. The first kappa shape index (κ1) is 16.7. The molecule has 0 atom stereocenters. The molecule has 4 aliphatic carbocycles. The fraction of sp³-hybridized carbons (Fsp3) is 0.550. The number of carbonyl (C=O) groups is 1. The minimum Gasteiger partial charge on any atom is -0.347 e. The third-order valence-electron chi connectivity index (χ3n) is 6.09. The molecule has 1 amide bonds. The Morgan fingerprint density at radius 3 is 2.00 bits per heavy atom. The summed E-state index contributed by atoms with van der Waals surface area (Å²) in [6, 6.07) is 7.53. The van der Waals surface area contributed by atoms with Gasteiger partial charge in [0.05, 0.1) is 5.57 Å². The van der Waals surface area contributed by atoms with Crippen LogP contribution in [0.5, 0.6) is 0 Å². The minimum absolute atomic E-state index is 0.0238. The number of hydrogen-bond donors (Lipinski definition) is 1. The van der Waals surface area contributed by atoms with Gasteiger partial charge in [0.1, 0.15) is 0 Å². The molecule has 1 aromatic carbocycles. The third kappa shape index (κ3) is 3.33. The van der Waals surface area contributed by atoms with Crippen LogP contribution in [0.1, 0.15) is 44.1 Å². The van der Waals surface area contributed by atoms with Gasteiger partial charge in [-0.2, -0.15) is 13.2 Å². The molecular formula is C20H22F3NO. The number of amides is 1. The van der Waals surface area contributed by atoms with Crippen molar-refractivity contribution in [3.63, 3.8) is 0 Å². The number of hydrogen-bond acceptors (Lipinski definition) is 1. The molecule has 0 aromatic heterocycles. The standard InChI is InChI=1S/C20H22F3NO/c21-20(22,23)17(16-4-2-1-3-5-16)9-18(25)24-19-10-13-6-14(11-19)8-15(7-13)12-19/h1-5,9,13-15H,6-8,10-12H2,(H,24,25)/b17-9+. The van der Waals surface area contributed by atoms with Gasteiger partial charge >= 0.3 is 6.18 Å². The van der Waals surface area contributed by atoms with E-state index in [0.717, 1.165) is 25.3 Å². The molecule has 5 heteroatoms. The maximum absolute atomic E-state index is 13.4. The molecular weight excluding hydrogens is 327 g/mol. The van der Waals surface area contributed by atoms with Crippen LogP contribution in [0.4, 0.5) is 13.2 Å². The molecule has 134 valence electrons. The van der Waals surface area contributed by atoms with Gasteiger partial charge in [0.25, 0.3) is 0 Å². The van der Waals surface area contributed by atoms with E-state index in [2.05, 4.69) is 5.32 Å². The van der Waals surface area contributed by atoms with E-state index in [9.17, 15) is 18.0 Å². The summed E-state index contributed by atoms with van der Waals surface area (Å²) < 4.78 is 40.2. The molecule has 0 aliphatic heterocycles. The average Bonchev–Trinajstić information content (AvgIpc) is 2.50. The first-order chi connectivity index (χ1) is 11.8. The molecule has 4 saturated carbocycles. The molecule has 0 spiro atoms. The van der Waals surface area contributed by atoms with Crippen molar-refractivity contribution in [3.05, 3.63) is 42.0 Å². The van der Waals surface area contributed by atoms with E-state index < -0.39 is 17.7 Å². The normalized spacial score (nSPS) is 34.2. The molecule has 0 heterocycles. The topological polar surface area (TPSA) is 29.1 Å². The Morgan fingerprint density at radius 2 is 1.52 bits per heavy atom. The van der Waals surface area contributed by atoms with Crippen LogP contribution < -0.4 is 5.32 Å². The molecule has 4 aliphatic rings. The maximum atomic E-state index is 13.4. The Bertz CT molecular complexity index is 657. The monoisotopic (exact) mass is 349 g/mol. The van der Waals surface area contributed by atoms with Gasteiger partial charge in [0.2, 0.25) is 5.91 Å². The summed E-state index contributed by atoms with van der Waals surface area (Å²) in [7, 11) is 0. The first-order valence-corrected chi connectivity index (χ1v) is 8.99. The van der Waals surface area contributed by atoms with Crippen LogP contribution in [0.15, 0.2) is 36.4 Å². The molecule has 4 fully saturated rings. The lowest BCUT2D eigenvalue weighted by atomic mass is 9.53. The second kappa shape index (κ2) is 5.89. The summed E-state index contributed by atoms with van der Waals surface area (Å²) in [6.07, 6.45) is 2.63. The third-order valence-corrected chi connectivity index (χ3v) is 6.09. The summed E-state index contributed by atoms with van der Waals surface area (Å²) in [6.45, 7) is 0. The van der Waals surface area contributed by atoms with E-state index in [1.165, 1.54) is 31.4 Å². The predicted octanol–water partition coefficient (Wildman–Crippen LogP) is 4.72.